The molecule has 4 nitrogen and oxygen atoms in total. The van der Waals surface area contributed by atoms with Crippen LogP contribution in [-0.4, -0.2) is 21.6 Å². The van der Waals surface area contributed by atoms with Gasteiger partial charge in [0.2, 0.25) is 5.91 Å². The lowest BCUT2D eigenvalue weighted by Crippen LogP contribution is -2.14. The molecule has 0 fully saturated rings. The number of aromatic nitrogens is 2. The largest absolute Gasteiger partial charge is 0.325 e. The number of nitrogens with one attached hydrogen (secondary N) is 1. The first-order valence-electron chi connectivity index (χ1n) is 10.1. The number of aryl methyl sites for hydroxylation is 1. The number of anilines is 1. The molecule has 0 saturated heterocycles. The summed E-state index contributed by atoms with van der Waals surface area (Å²) in [5.41, 5.74) is 5.29. The van der Waals surface area contributed by atoms with Crippen LogP contribution >= 0.6 is 11.8 Å². The summed E-state index contributed by atoms with van der Waals surface area (Å²) in [7, 11) is 0. The van der Waals surface area contributed by atoms with Gasteiger partial charge in [-0.3, -0.25) is 4.79 Å². The van der Waals surface area contributed by atoms with Crippen molar-refractivity contribution in [3.05, 3.63) is 95.4 Å². The van der Waals surface area contributed by atoms with E-state index in [0.717, 1.165) is 34.4 Å². The molecular formula is C25H22FN3OS. The van der Waals surface area contributed by atoms with Crippen LogP contribution < -0.4 is 5.32 Å². The summed E-state index contributed by atoms with van der Waals surface area (Å²) in [4.78, 5) is 22.0. The molecule has 156 valence electrons. The van der Waals surface area contributed by atoms with Gasteiger partial charge in [0.25, 0.3) is 0 Å². The maximum absolute atomic E-state index is 13.3. The first-order valence-corrected chi connectivity index (χ1v) is 11.1. The van der Waals surface area contributed by atoms with Gasteiger partial charge in [-0.1, -0.05) is 55.1 Å². The van der Waals surface area contributed by atoms with E-state index < -0.39 is 0 Å². The molecule has 4 aromatic rings. The number of benzene rings is 3. The van der Waals surface area contributed by atoms with Crippen LogP contribution in [0.5, 0.6) is 0 Å². The van der Waals surface area contributed by atoms with Gasteiger partial charge in [-0.15, -0.1) is 0 Å². The molecule has 0 bridgehead atoms. The maximum atomic E-state index is 13.3. The van der Waals surface area contributed by atoms with E-state index in [0.29, 0.717) is 11.4 Å². The summed E-state index contributed by atoms with van der Waals surface area (Å²) in [6, 6.07) is 21.9. The number of halogens is 1. The fraction of sp³-hybridized carbons (Fsp3) is 0.160. The van der Waals surface area contributed by atoms with Crippen LogP contribution in [-0.2, 0) is 17.6 Å². The Morgan fingerprint density at radius 2 is 1.55 bits per heavy atom. The summed E-state index contributed by atoms with van der Waals surface area (Å²) in [6.45, 7) is 2.10. The molecule has 1 heterocycles. The number of nitrogens with zero attached hydrogens (tertiary/aromatic N) is 2. The Bertz CT molecular complexity index is 1190. The average molecular weight is 432 g/mol. The number of hydrogen-bond donors (Lipinski definition) is 1. The maximum Gasteiger partial charge on any atom is 0.234 e. The van der Waals surface area contributed by atoms with E-state index in [1.165, 1.54) is 29.5 Å². The molecule has 1 aromatic heterocycles. The van der Waals surface area contributed by atoms with E-state index in [1.807, 2.05) is 48.5 Å². The number of para-hydroxylation sites is 2. The number of rotatable bonds is 7. The van der Waals surface area contributed by atoms with E-state index in [-0.39, 0.29) is 17.5 Å². The lowest BCUT2D eigenvalue weighted by Gasteiger charge is -2.10. The Labute approximate surface area is 184 Å². The Morgan fingerprint density at radius 3 is 2.23 bits per heavy atom. The van der Waals surface area contributed by atoms with Crippen molar-refractivity contribution in [3.63, 3.8) is 0 Å². The number of carbonyl (C=O) groups is 1. The monoisotopic (exact) mass is 431 g/mol. The average Bonchev–Trinajstić information content (AvgIpc) is 2.79. The van der Waals surface area contributed by atoms with Crippen molar-refractivity contribution < 1.29 is 9.18 Å². The first-order chi connectivity index (χ1) is 15.1. The highest BCUT2D eigenvalue weighted by Crippen LogP contribution is 2.25. The Hall–Kier alpha value is -3.25. The van der Waals surface area contributed by atoms with Crippen molar-refractivity contribution >= 4 is 34.4 Å². The fourth-order valence-electron chi connectivity index (χ4n) is 3.20. The molecule has 0 aliphatic carbocycles. The minimum absolute atomic E-state index is 0.100. The molecule has 0 unspecified atom stereocenters. The van der Waals surface area contributed by atoms with Crippen LogP contribution in [0, 0.1) is 5.82 Å². The van der Waals surface area contributed by atoms with Crippen molar-refractivity contribution in [2.24, 2.45) is 0 Å². The minimum atomic E-state index is -0.272. The molecule has 0 aliphatic heterocycles. The van der Waals surface area contributed by atoms with E-state index >= 15 is 0 Å². The predicted octanol–water partition coefficient (Wildman–Crippen LogP) is 5.65. The SMILES string of the molecule is CCc1ccc(NC(=O)CSc2nc3ccccc3nc2Cc2ccc(F)cc2)cc1. The van der Waals surface area contributed by atoms with Crippen LogP contribution in [0.25, 0.3) is 11.0 Å². The number of thioether (sulfide) groups is 1. The smallest absolute Gasteiger partial charge is 0.234 e. The summed E-state index contributed by atoms with van der Waals surface area (Å²) in [5.74, 6) is -0.151. The molecule has 0 saturated carbocycles. The van der Waals surface area contributed by atoms with E-state index in [1.54, 1.807) is 12.1 Å². The Morgan fingerprint density at radius 1 is 0.903 bits per heavy atom. The van der Waals surface area contributed by atoms with Crippen LogP contribution in [0.1, 0.15) is 23.7 Å². The molecule has 1 N–H and O–H groups in total. The zero-order chi connectivity index (χ0) is 21.6. The highest BCUT2D eigenvalue weighted by atomic mass is 32.2. The zero-order valence-corrected chi connectivity index (χ0v) is 18.0. The van der Waals surface area contributed by atoms with Crippen molar-refractivity contribution in [1.82, 2.24) is 9.97 Å². The lowest BCUT2D eigenvalue weighted by atomic mass is 10.1. The summed E-state index contributed by atoms with van der Waals surface area (Å²) < 4.78 is 13.3. The summed E-state index contributed by atoms with van der Waals surface area (Å²) >= 11 is 1.36. The van der Waals surface area contributed by atoms with Crippen LogP contribution in [0.15, 0.2) is 77.8 Å². The van der Waals surface area contributed by atoms with Crippen molar-refractivity contribution in [3.8, 4) is 0 Å². The highest BCUT2D eigenvalue weighted by molar-refractivity contribution is 8.00. The quantitative estimate of drug-likeness (QED) is 0.384. The molecule has 0 aliphatic rings. The third kappa shape index (κ3) is 5.47. The summed E-state index contributed by atoms with van der Waals surface area (Å²) in [6.07, 6.45) is 1.47. The third-order valence-electron chi connectivity index (χ3n) is 4.88. The van der Waals surface area contributed by atoms with Gasteiger partial charge < -0.3 is 5.32 Å². The Kier molecular flexibility index (Phi) is 6.57. The summed E-state index contributed by atoms with van der Waals surface area (Å²) in [5, 5.41) is 3.63. The molecule has 0 spiro atoms. The van der Waals surface area contributed by atoms with Gasteiger partial charge in [0.05, 0.1) is 22.5 Å². The topological polar surface area (TPSA) is 54.9 Å². The second-order valence-corrected chi connectivity index (χ2v) is 8.12. The number of hydrogen-bond acceptors (Lipinski definition) is 4. The van der Waals surface area contributed by atoms with Gasteiger partial charge in [-0.05, 0) is 53.9 Å². The fourth-order valence-corrected chi connectivity index (χ4v) is 3.99. The van der Waals surface area contributed by atoms with E-state index in [2.05, 4.69) is 12.2 Å². The molecule has 0 atom stereocenters. The number of amides is 1. The van der Waals surface area contributed by atoms with Gasteiger partial charge in [0.1, 0.15) is 10.8 Å². The highest BCUT2D eigenvalue weighted by Gasteiger charge is 2.13. The normalized spacial score (nSPS) is 10.9. The molecule has 6 heteroatoms. The lowest BCUT2D eigenvalue weighted by molar-refractivity contribution is -0.113. The number of fused-ring (bicyclic) bond motifs is 1. The van der Waals surface area contributed by atoms with E-state index in [4.69, 9.17) is 9.97 Å². The number of carbonyl (C=O) groups excluding carboxylic acids is 1. The third-order valence-corrected chi connectivity index (χ3v) is 5.88. The first kappa shape index (κ1) is 21.0. The molecule has 0 radical (unpaired) electrons. The van der Waals surface area contributed by atoms with Crippen molar-refractivity contribution in [2.75, 3.05) is 11.1 Å². The van der Waals surface area contributed by atoms with Crippen molar-refractivity contribution in [1.29, 1.82) is 0 Å². The molecular weight excluding hydrogens is 409 g/mol. The van der Waals surface area contributed by atoms with Gasteiger partial charge in [0.15, 0.2) is 0 Å². The van der Waals surface area contributed by atoms with Gasteiger partial charge in [-0.2, -0.15) is 0 Å². The van der Waals surface area contributed by atoms with Crippen LogP contribution in [0.2, 0.25) is 0 Å². The molecule has 1 amide bonds. The van der Waals surface area contributed by atoms with Crippen molar-refractivity contribution in [2.45, 2.75) is 24.8 Å². The molecule has 31 heavy (non-hydrogen) atoms. The minimum Gasteiger partial charge on any atom is -0.325 e. The van der Waals surface area contributed by atoms with E-state index in [9.17, 15) is 9.18 Å². The second-order valence-electron chi connectivity index (χ2n) is 7.15. The van der Waals surface area contributed by atoms with Gasteiger partial charge >= 0.3 is 0 Å². The zero-order valence-electron chi connectivity index (χ0n) is 17.1. The van der Waals surface area contributed by atoms with Gasteiger partial charge in [-0.25, -0.2) is 14.4 Å². The van der Waals surface area contributed by atoms with Crippen LogP contribution in [0.4, 0.5) is 10.1 Å². The predicted molar refractivity (Wildman–Crippen MR) is 124 cm³/mol. The van der Waals surface area contributed by atoms with Gasteiger partial charge in [0, 0.05) is 12.1 Å². The second kappa shape index (κ2) is 9.71. The molecule has 3 aromatic carbocycles. The Balaban J connectivity index is 1.52. The standard InChI is InChI=1S/C25H22FN3OS/c1-2-17-9-13-20(14-10-17)27-24(30)16-31-25-23(15-18-7-11-19(26)12-8-18)28-21-5-3-4-6-22(21)29-25/h3-14H,2,15-16H2,1H3,(H,27,30). The molecule has 4 rings (SSSR count). The van der Waals surface area contributed by atoms with Crippen LogP contribution in [0.3, 0.4) is 0 Å².